The molecule has 0 spiro atoms. The van der Waals surface area contributed by atoms with Crippen LogP contribution in [0.3, 0.4) is 0 Å². The Labute approximate surface area is 99.0 Å². The molecule has 16 heavy (non-hydrogen) atoms. The summed E-state index contributed by atoms with van der Waals surface area (Å²) in [6, 6.07) is 0.259. The van der Waals surface area contributed by atoms with E-state index in [1.807, 2.05) is 11.7 Å². The summed E-state index contributed by atoms with van der Waals surface area (Å²) in [6.45, 7) is 0.794. The average molecular weight is 240 g/mol. The minimum Gasteiger partial charge on any atom is -0.469 e. The van der Waals surface area contributed by atoms with Crippen molar-refractivity contribution in [1.29, 1.82) is 0 Å². The third kappa shape index (κ3) is 2.59. The van der Waals surface area contributed by atoms with E-state index in [4.69, 9.17) is 4.74 Å². The van der Waals surface area contributed by atoms with E-state index in [0.717, 1.165) is 25.8 Å². The number of carbonyl (C=O) groups excluding carboxylic acids is 1. The Hall–Kier alpha value is -0.940. The van der Waals surface area contributed by atoms with Crippen LogP contribution >= 0.6 is 11.3 Å². The van der Waals surface area contributed by atoms with Crippen LogP contribution in [0.1, 0.15) is 24.1 Å². The maximum Gasteiger partial charge on any atom is 0.310 e. The van der Waals surface area contributed by atoms with Crippen LogP contribution in [0, 0.1) is 5.92 Å². The van der Waals surface area contributed by atoms with E-state index in [0.29, 0.717) is 0 Å². The van der Waals surface area contributed by atoms with E-state index >= 15 is 0 Å². The molecule has 2 rings (SSSR count). The second kappa shape index (κ2) is 5.41. The first-order valence-electron chi connectivity index (χ1n) is 5.50. The number of nitrogens with zero attached hydrogens (tertiary/aromatic N) is 1. The SMILES string of the molecule is COC(=O)[C@@H]1CCC[C@H]1NCc1cncs1. The molecule has 88 valence electrons. The second-order valence-electron chi connectivity index (χ2n) is 4.02. The molecule has 4 nitrogen and oxygen atoms in total. The summed E-state index contributed by atoms with van der Waals surface area (Å²) in [5.41, 5.74) is 1.82. The maximum absolute atomic E-state index is 11.5. The zero-order valence-electron chi connectivity index (χ0n) is 9.31. The fourth-order valence-corrected chi connectivity index (χ4v) is 2.74. The van der Waals surface area contributed by atoms with Crippen LogP contribution in [0.4, 0.5) is 0 Å². The van der Waals surface area contributed by atoms with Gasteiger partial charge >= 0.3 is 5.97 Å². The number of nitrogens with one attached hydrogen (secondary N) is 1. The Bertz CT molecular complexity index is 340. The molecule has 2 atom stereocenters. The van der Waals surface area contributed by atoms with Gasteiger partial charge in [0.1, 0.15) is 0 Å². The molecule has 0 aromatic carbocycles. The Morgan fingerprint density at radius 2 is 2.56 bits per heavy atom. The van der Waals surface area contributed by atoms with Crippen LogP contribution in [-0.2, 0) is 16.1 Å². The van der Waals surface area contributed by atoms with Crippen LogP contribution in [0.15, 0.2) is 11.7 Å². The lowest BCUT2D eigenvalue weighted by Crippen LogP contribution is -2.36. The zero-order chi connectivity index (χ0) is 11.4. The lowest BCUT2D eigenvalue weighted by Gasteiger charge is -2.18. The van der Waals surface area contributed by atoms with Crippen molar-refractivity contribution in [2.75, 3.05) is 7.11 Å². The van der Waals surface area contributed by atoms with Crippen molar-refractivity contribution in [3.63, 3.8) is 0 Å². The highest BCUT2D eigenvalue weighted by molar-refractivity contribution is 7.09. The lowest BCUT2D eigenvalue weighted by atomic mass is 10.0. The lowest BCUT2D eigenvalue weighted by molar-refractivity contribution is -0.145. The van der Waals surface area contributed by atoms with Gasteiger partial charge < -0.3 is 10.1 Å². The van der Waals surface area contributed by atoms with E-state index in [1.54, 1.807) is 11.3 Å². The summed E-state index contributed by atoms with van der Waals surface area (Å²) in [6.07, 6.45) is 4.95. The summed E-state index contributed by atoms with van der Waals surface area (Å²) in [7, 11) is 1.46. The first kappa shape index (κ1) is 11.5. The summed E-state index contributed by atoms with van der Waals surface area (Å²) < 4.78 is 4.81. The molecule has 1 aromatic heterocycles. The van der Waals surface area contributed by atoms with Crippen LogP contribution in [0.5, 0.6) is 0 Å². The van der Waals surface area contributed by atoms with Gasteiger partial charge in [0.2, 0.25) is 0 Å². The molecular formula is C11H16N2O2S. The molecule has 0 bridgehead atoms. The predicted octanol–water partition coefficient (Wildman–Crippen LogP) is 1.57. The standard InChI is InChI=1S/C11H16N2O2S/c1-15-11(14)9-3-2-4-10(9)13-6-8-5-12-7-16-8/h5,7,9-10,13H,2-4,6H2,1H3/t9-,10-/m1/s1. The Kier molecular flexibility index (Phi) is 3.90. The van der Waals surface area contributed by atoms with Gasteiger partial charge in [-0.1, -0.05) is 6.42 Å². The molecule has 1 fully saturated rings. The smallest absolute Gasteiger partial charge is 0.310 e. The van der Waals surface area contributed by atoms with Gasteiger partial charge in [-0.25, -0.2) is 0 Å². The van der Waals surface area contributed by atoms with Crippen LogP contribution < -0.4 is 5.32 Å². The molecule has 5 heteroatoms. The molecular weight excluding hydrogens is 224 g/mol. The molecule has 0 saturated heterocycles. The third-order valence-corrected chi connectivity index (χ3v) is 3.82. The fraction of sp³-hybridized carbons (Fsp3) is 0.636. The number of ether oxygens (including phenoxy) is 1. The largest absolute Gasteiger partial charge is 0.469 e. The number of methoxy groups -OCH3 is 1. The highest BCUT2D eigenvalue weighted by Crippen LogP contribution is 2.27. The van der Waals surface area contributed by atoms with E-state index in [-0.39, 0.29) is 17.9 Å². The maximum atomic E-state index is 11.5. The van der Waals surface area contributed by atoms with Crippen molar-refractivity contribution in [3.05, 3.63) is 16.6 Å². The first-order valence-corrected chi connectivity index (χ1v) is 6.38. The van der Waals surface area contributed by atoms with Crippen molar-refractivity contribution in [3.8, 4) is 0 Å². The molecule has 1 saturated carbocycles. The van der Waals surface area contributed by atoms with Gasteiger partial charge in [0.05, 0.1) is 18.5 Å². The van der Waals surface area contributed by atoms with Crippen LogP contribution in [0.25, 0.3) is 0 Å². The molecule has 1 aliphatic carbocycles. The predicted molar refractivity (Wildman–Crippen MR) is 62.1 cm³/mol. The first-order chi connectivity index (χ1) is 7.81. The Balaban J connectivity index is 1.86. The minimum absolute atomic E-state index is 0.0259. The van der Waals surface area contributed by atoms with Crippen LogP contribution in [-0.4, -0.2) is 24.1 Å². The summed E-state index contributed by atoms with van der Waals surface area (Å²) in [4.78, 5) is 16.7. The van der Waals surface area contributed by atoms with E-state index in [1.165, 1.54) is 12.0 Å². The van der Waals surface area contributed by atoms with Gasteiger partial charge in [0.25, 0.3) is 0 Å². The molecule has 1 N–H and O–H groups in total. The van der Waals surface area contributed by atoms with Crippen molar-refractivity contribution in [2.24, 2.45) is 5.92 Å². The van der Waals surface area contributed by atoms with Crippen molar-refractivity contribution >= 4 is 17.3 Å². The number of esters is 1. The molecule has 1 aromatic rings. The van der Waals surface area contributed by atoms with Gasteiger partial charge in [-0.15, -0.1) is 11.3 Å². The molecule has 1 aliphatic rings. The second-order valence-corrected chi connectivity index (χ2v) is 4.99. The third-order valence-electron chi connectivity index (χ3n) is 3.04. The molecule has 0 unspecified atom stereocenters. The highest BCUT2D eigenvalue weighted by Gasteiger charge is 2.33. The van der Waals surface area contributed by atoms with Crippen LogP contribution in [0.2, 0.25) is 0 Å². The Morgan fingerprint density at radius 1 is 1.69 bits per heavy atom. The van der Waals surface area contributed by atoms with Gasteiger partial charge in [0, 0.05) is 23.7 Å². The Morgan fingerprint density at radius 3 is 3.25 bits per heavy atom. The van der Waals surface area contributed by atoms with Gasteiger partial charge in [-0.2, -0.15) is 0 Å². The summed E-state index contributed by atoms with van der Waals surface area (Å²) in [5.74, 6) is -0.0581. The summed E-state index contributed by atoms with van der Waals surface area (Å²) in [5, 5.41) is 3.42. The molecule has 0 aliphatic heterocycles. The minimum atomic E-state index is -0.0840. The highest BCUT2D eigenvalue weighted by atomic mass is 32.1. The number of hydrogen-bond donors (Lipinski definition) is 1. The van der Waals surface area contributed by atoms with Crippen molar-refractivity contribution < 1.29 is 9.53 Å². The van der Waals surface area contributed by atoms with Crippen molar-refractivity contribution in [2.45, 2.75) is 31.8 Å². The van der Waals surface area contributed by atoms with E-state index < -0.39 is 0 Å². The number of aromatic nitrogens is 1. The average Bonchev–Trinajstić information content (AvgIpc) is 2.96. The number of rotatable bonds is 4. The number of carbonyl (C=O) groups is 1. The molecule has 0 amide bonds. The van der Waals surface area contributed by atoms with Gasteiger partial charge in [-0.3, -0.25) is 9.78 Å². The normalized spacial score (nSPS) is 24.6. The monoisotopic (exact) mass is 240 g/mol. The quantitative estimate of drug-likeness (QED) is 0.812. The zero-order valence-corrected chi connectivity index (χ0v) is 10.1. The summed E-state index contributed by atoms with van der Waals surface area (Å²) >= 11 is 1.63. The van der Waals surface area contributed by atoms with E-state index in [9.17, 15) is 4.79 Å². The topological polar surface area (TPSA) is 51.2 Å². The molecule has 1 heterocycles. The van der Waals surface area contributed by atoms with Gasteiger partial charge in [0.15, 0.2) is 0 Å². The number of thiazole rings is 1. The van der Waals surface area contributed by atoms with Crippen molar-refractivity contribution in [1.82, 2.24) is 10.3 Å². The van der Waals surface area contributed by atoms with Gasteiger partial charge in [-0.05, 0) is 12.8 Å². The van der Waals surface area contributed by atoms with E-state index in [2.05, 4.69) is 10.3 Å². The fourth-order valence-electron chi connectivity index (χ4n) is 2.20. The number of hydrogen-bond acceptors (Lipinski definition) is 5. The molecule has 0 radical (unpaired) electrons.